The predicted molar refractivity (Wildman–Crippen MR) is 46.1 cm³/mol. The number of carbonyl (C=O) groups excluding carboxylic acids is 1. The molecule has 0 spiro atoms. The number of alkyl halides is 2. The van der Waals surface area contributed by atoms with Crippen molar-refractivity contribution in [1.29, 1.82) is 0 Å². The van der Waals surface area contributed by atoms with E-state index in [1.807, 2.05) is 0 Å². The normalized spacial score (nSPS) is 10.4. The topological polar surface area (TPSA) is 39.2 Å². The second kappa shape index (κ2) is 4.32. The Morgan fingerprint density at radius 2 is 2.29 bits per heavy atom. The number of rotatable bonds is 3. The SMILES string of the molecule is COc1cnc(Cl)c(C=O)c1C(F)F. The van der Waals surface area contributed by atoms with Gasteiger partial charge in [0.15, 0.2) is 6.29 Å². The van der Waals surface area contributed by atoms with Crippen LogP contribution in [0.4, 0.5) is 8.78 Å². The van der Waals surface area contributed by atoms with E-state index < -0.39 is 12.0 Å². The van der Waals surface area contributed by atoms with Crippen molar-refractivity contribution in [1.82, 2.24) is 4.98 Å². The van der Waals surface area contributed by atoms with E-state index in [1.165, 1.54) is 7.11 Å². The summed E-state index contributed by atoms with van der Waals surface area (Å²) < 4.78 is 29.7. The lowest BCUT2D eigenvalue weighted by Crippen LogP contribution is -2.00. The number of nitrogens with zero attached hydrogens (tertiary/aromatic N) is 1. The van der Waals surface area contributed by atoms with Gasteiger partial charge in [0.05, 0.1) is 24.4 Å². The van der Waals surface area contributed by atoms with Crippen molar-refractivity contribution in [3.63, 3.8) is 0 Å². The zero-order valence-electron chi connectivity index (χ0n) is 7.13. The zero-order valence-corrected chi connectivity index (χ0v) is 7.89. The molecule has 1 rings (SSSR count). The van der Waals surface area contributed by atoms with Gasteiger partial charge in [0.2, 0.25) is 0 Å². The average molecular weight is 222 g/mol. The maximum Gasteiger partial charge on any atom is 0.268 e. The number of ether oxygens (including phenoxy) is 1. The van der Waals surface area contributed by atoms with Gasteiger partial charge in [-0.25, -0.2) is 13.8 Å². The van der Waals surface area contributed by atoms with Crippen LogP contribution in [-0.2, 0) is 0 Å². The lowest BCUT2D eigenvalue weighted by atomic mass is 10.1. The summed E-state index contributed by atoms with van der Waals surface area (Å²) in [6.45, 7) is 0. The Morgan fingerprint density at radius 3 is 2.71 bits per heavy atom. The van der Waals surface area contributed by atoms with E-state index >= 15 is 0 Å². The van der Waals surface area contributed by atoms with Gasteiger partial charge in [0.1, 0.15) is 10.9 Å². The summed E-state index contributed by atoms with van der Waals surface area (Å²) in [4.78, 5) is 14.0. The summed E-state index contributed by atoms with van der Waals surface area (Å²) in [5, 5.41) is -0.254. The van der Waals surface area contributed by atoms with E-state index in [4.69, 9.17) is 11.6 Å². The number of hydrogen-bond donors (Lipinski definition) is 0. The van der Waals surface area contributed by atoms with Crippen molar-refractivity contribution in [2.45, 2.75) is 6.43 Å². The summed E-state index contributed by atoms with van der Waals surface area (Å²) >= 11 is 5.47. The van der Waals surface area contributed by atoms with E-state index in [2.05, 4.69) is 9.72 Å². The summed E-state index contributed by atoms with van der Waals surface area (Å²) in [5.41, 5.74) is -0.858. The maximum atomic E-state index is 12.5. The van der Waals surface area contributed by atoms with Crippen LogP contribution < -0.4 is 4.74 Å². The molecule has 0 aliphatic carbocycles. The fourth-order valence-corrected chi connectivity index (χ4v) is 1.19. The van der Waals surface area contributed by atoms with Gasteiger partial charge in [-0.2, -0.15) is 0 Å². The van der Waals surface area contributed by atoms with Crippen LogP contribution in [0.15, 0.2) is 6.20 Å². The quantitative estimate of drug-likeness (QED) is 0.582. The molecule has 6 heteroatoms. The standard InChI is InChI=1S/C8H6ClF2NO2/c1-14-5-2-12-7(9)4(3-13)6(5)8(10)11/h2-3,8H,1H3. The maximum absolute atomic E-state index is 12.5. The minimum absolute atomic E-state index is 0.147. The summed E-state index contributed by atoms with van der Waals surface area (Å²) in [5.74, 6) is -0.147. The highest BCUT2D eigenvalue weighted by Crippen LogP contribution is 2.33. The van der Waals surface area contributed by atoms with E-state index in [1.54, 1.807) is 0 Å². The summed E-state index contributed by atoms with van der Waals surface area (Å²) in [6.07, 6.45) is -1.54. The van der Waals surface area contributed by atoms with Gasteiger partial charge < -0.3 is 4.74 Å². The van der Waals surface area contributed by atoms with Crippen LogP contribution in [0.2, 0.25) is 5.15 Å². The zero-order chi connectivity index (χ0) is 10.7. The van der Waals surface area contributed by atoms with Crippen LogP contribution in [0.1, 0.15) is 22.3 Å². The second-order valence-electron chi connectivity index (χ2n) is 2.36. The fraction of sp³-hybridized carbons (Fsp3) is 0.250. The molecule has 0 saturated carbocycles. The van der Waals surface area contributed by atoms with Gasteiger partial charge in [-0.1, -0.05) is 11.6 Å². The van der Waals surface area contributed by atoms with Crippen LogP contribution >= 0.6 is 11.6 Å². The first-order valence-corrected chi connectivity index (χ1v) is 3.95. The first-order valence-electron chi connectivity index (χ1n) is 3.57. The Morgan fingerprint density at radius 1 is 1.64 bits per heavy atom. The largest absolute Gasteiger partial charge is 0.495 e. The number of aromatic nitrogens is 1. The van der Waals surface area contributed by atoms with E-state index in [0.29, 0.717) is 0 Å². The molecule has 0 bridgehead atoms. The number of hydrogen-bond acceptors (Lipinski definition) is 3. The van der Waals surface area contributed by atoms with Crippen molar-refractivity contribution in [3.05, 3.63) is 22.5 Å². The predicted octanol–water partition coefficient (Wildman–Crippen LogP) is 2.49. The molecule has 3 nitrogen and oxygen atoms in total. The third kappa shape index (κ3) is 1.82. The first-order chi connectivity index (χ1) is 6.61. The van der Waals surface area contributed by atoms with Gasteiger partial charge >= 0.3 is 0 Å². The van der Waals surface area contributed by atoms with Crippen LogP contribution in [0.5, 0.6) is 5.75 Å². The molecule has 1 aromatic heterocycles. The van der Waals surface area contributed by atoms with Crippen molar-refractivity contribution in [2.75, 3.05) is 7.11 Å². The number of methoxy groups -OCH3 is 1. The van der Waals surface area contributed by atoms with Crippen molar-refractivity contribution >= 4 is 17.9 Å². The number of halogens is 3. The number of carbonyl (C=O) groups is 1. The Bertz CT molecular complexity index is 357. The third-order valence-corrected chi connectivity index (χ3v) is 1.93. The molecule has 1 aromatic rings. The lowest BCUT2D eigenvalue weighted by molar-refractivity contribution is 0.110. The smallest absolute Gasteiger partial charge is 0.268 e. The Kier molecular flexibility index (Phi) is 3.35. The molecule has 0 radical (unpaired) electrons. The molecule has 0 fully saturated rings. The third-order valence-electron chi connectivity index (χ3n) is 1.63. The van der Waals surface area contributed by atoms with Crippen LogP contribution in [0.25, 0.3) is 0 Å². The highest BCUT2D eigenvalue weighted by molar-refractivity contribution is 6.31. The average Bonchev–Trinajstić information content (AvgIpc) is 2.17. The number of pyridine rings is 1. The molecular formula is C8H6ClF2NO2. The van der Waals surface area contributed by atoms with Crippen molar-refractivity contribution in [2.24, 2.45) is 0 Å². The summed E-state index contributed by atoms with van der Waals surface area (Å²) in [7, 11) is 1.21. The molecular weight excluding hydrogens is 216 g/mol. The second-order valence-corrected chi connectivity index (χ2v) is 2.72. The molecule has 0 aliphatic rings. The van der Waals surface area contributed by atoms with E-state index in [9.17, 15) is 13.6 Å². The van der Waals surface area contributed by atoms with Gasteiger partial charge in [0, 0.05) is 0 Å². The molecule has 0 unspecified atom stereocenters. The first kappa shape index (κ1) is 10.8. The van der Waals surface area contributed by atoms with Gasteiger partial charge in [-0.05, 0) is 0 Å². The minimum Gasteiger partial charge on any atom is -0.495 e. The van der Waals surface area contributed by atoms with Gasteiger partial charge in [0.25, 0.3) is 6.43 Å². The fourth-order valence-electron chi connectivity index (χ4n) is 0.998. The molecule has 0 saturated heterocycles. The van der Waals surface area contributed by atoms with Crippen LogP contribution in [-0.4, -0.2) is 18.4 Å². The number of aldehydes is 1. The lowest BCUT2D eigenvalue weighted by Gasteiger charge is -2.09. The highest BCUT2D eigenvalue weighted by atomic mass is 35.5. The van der Waals surface area contributed by atoms with Gasteiger partial charge in [-0.15, -0.1) is 0 Å². The molecule has 14 heavy (non-hydrogen) atoms. The van der Waals surface area contributed by atoms with Gasteiger partial charge in [-0.3, -0.25) is 4.79 Å². The minimum atomic E-state index is -2.83. The molecule has 0 aliphatic heterocycles. The van der Waals surface area contributed by atoms with Crippen molar-refractivity contribution in [3.8, 4) is 5.75 Å². The summed E-state index contributed by atoms with van der Waals surface area (Å²) in [6, 6.07) is 0. The molecule has 0 atom stereocenters. The molecule has 76 valence electrons. The Hall–Kier alpha value is -1.23. The molecule has 0 amide bonds. The van der Waals surface area contributed by atoms with Crippen molar-refractivity contribution < 1.29 is 18.3 Å². The highest BCUT2D eigenvalue weighted by Gasteiger charge is 2.21. The Labute approximate surface area is 83.7 Å². The van der Waals surface area contributed by atoms with Crippen LogP contribution in [0.3, 0.4) is 0 Å². The molecule has 1 heterocycles. The van der Waals surface area contributed by atoms with E-state index in [-0.39, 0.29) is 22.8 Å². The Balaban J connectivity index is 3.43. The molecule has 0 N–H and O–H groups in total. The van der Waals surface area contributed by atoms with Crippen LogP contribution in [0, 0.1) is 0 Å². The monoisotopic (exact) mass is 221 g/mol. The van der Waals surface area contributed by atoms with E-state index in [0.717, 1.165) is 6.20 Å². The molecule has 0 aromatic carbocycles.